The molecule has 1 N–H and O–H groups in total. The molecule has 1 aromatic heterocycles. The third-order valence-electron chi connectivity index (χ3n) is 6.49. The number of hydrogen-bond acceptors (Lipinski definition) is 4. The molecule has 1 saturated heterocycles. The molecule has 1 aliphatic heterocycles. The molecule has 2 heterocycles. The summed E-state index contributed by atoms with van der Waals surface area (Å²) in [6, 6.07) is 0. The van der Waals surface area contributed by atoms with Gasteiger partial charge in [0.1, 0.15) is 12.4 Å². The van der Waals surface area contributed by atoms with Crippen LogP contribution in [0.4, 0.5) is 0 Å². The molecule has 7 heteroatoms. The Balaban J connectivity index is 1.71. The lowest BCUT2D eigenvalue weighted by atomic mass is 9.74. The average molecular weight is 407 g/mol. The molecule has 0 aromatic carbocycles. The summed E-state index contributed by atoms with van der Waals surface area (Å²) in [6.45, 7) is 5.85. The molecule has 0 bridgehead atoms. The second-order valence-electron chi connectivity index (χ2n) is 8.57. The highest BCUT2D eigenvalue weighted by Crippen LogP contribution is 2.42. The van der Waals surface area contributed by atoms with E-state index in [-0.39, 0.29) is 0 Å². The maximum atomic E-state index is 4.99. The fourth-order valence-corrected chi connectivity index (χ4v) is 5.13. The molecular formula is C21H38N6S. The lowest BCUT2D eigenvalue weighted by Gasteiger charge is -2.44. The van der Waals surface area contributed by atoms with Crippen LogP contribution in [0.3, 0.4) is 0 Å². The van der Waals surface area contributed by atoms with E-state index in [4.69, 9.17) is 4.99 Å². The van der Waals surface area contributed by atoms with Crippen LogP contribution in [0, 0.1) is 12.3 Å². The molecule has 3 rings (SSSR count). The first-order valence-corrected chi connectivity index (χ1v) is 12.4. The second kappa shape index (κ2) is 10.5. The third-order valence-corrected chi connectivity index (χ3v) is 7.18. The van der Waals surface area contributed by atoms with Crippen molar-refractivity contribution in [2.24, 2.45) is 17.5 Å². The summed E-state index contributed by atoms with van der Waals surface area (Å²) in [5, 5.41) is 12.1. The number of likely N-dealkylation sites (tertiary alicyclic amines) is 1. The van der Waals surface area contributed by atoms with Gasteiger partial charge >= 0.3 is 0 Å². The molecule has 1 saturated carbocycles. The predicted molar refractivity (Wildman–Crippen MR) is 119 cm³/mol. The average Bonchev–Trinajstić information content (AvgIpc) is 2.89. The van der Waals surface area contributed by atoms with Crippen LogP contribution in [0.15, 0.2) is 4.99 Å². The van der Waals surface area contributed by atoms with Gasteiger partial charge in [0.05, 0.1) is 0 Å². The highest BCUT2D eigenvalue weighted by molar-refractivity contribution is 7.98. The van der Waals surface area contributed by atoms with E-state index >= 15 is 0 Å². The molecule has 0 amide bonds. The van der Waals surface area contributed by atoms with Crippen LogP contribution >= 0.6 is 11.8 Å². The van der Waals surface area contributed by atoms with Crippen molar-refractivity contribution in [3.63, 3.8) is 0 Å². The largest absolute Gasteiger partial charge is 0.356 e. The molecular weight excluding hydrogens is 368 g/mol. The van der Waals surface area contributed by atoms with Gasteiger partial charge in [-0.2, -0.15) is 11.8 Å². The molecule has 158 valence electrons. The summed E-state index contributed by atoms with van der Waals surface area (Å²) in [6.07, 6.45) is 14.5. The Morgan fingerprint density at radius 2 is 1.89 bits per heavy atom. The lowest BCUT2D eigenvalue weighted by Crippen LogP contribution is -2.50. The first-order valence-electron chi connectivity index (χ1n) is 11.0. The van der Waals surface area contributed by atoms with E-state index in [2.05, 4.69) is 26.7 Å². The molecule has 2 aliphatic rings. The van der Waals surface area contributed by atoms with Crippen LogP contribution in [-0.4, -0.2) is 57.3 Å². The Hall–Kier alpha value is -1.24. The number of nitrogens with zero attached hydrogens (tertiary/aromatic N) is 5. The maximum absolute atomic E-state index is 4.99. The lowest BCUT2D eigenvalue weighted by molar-refractivity contribution is 0.115. The van der Waals surface area contributed by atoms with Crippen molar-refractivity contribution in [2.45, 2.75) is 71.3 Å². The summed E-state index contributed by atoms with van der Waals surface area (Å²) in [5.41, 5.74) is 0.512. The molecule has 0 radical (unpaired) electrons. The van der Waals surface area contributed by atoms with Gasteiger partial charge < -0.3 is 14.8 Å². The van der Waals surface area contributed by atoms with Crippen LogP contribution in [0.5, 0.6) is 0 Å². The van der Waals surface area contributed by atoms with E-state index in [9.17, 15) is 0 Å². The van der Waals surface area contributed by atoms with Crippen molar-refractivity contribution in [2.75, 3.05) is 31.6 Å². The van der Waals surface area contributed by atoms with E-state index in [0.717, 1.165) is 30.7 Å². The molecule has 1 aliphatic carbocycles. The van der Waals surface area contributed by atoms with E-state index < -0.39 is 0 Å². The quantitative estimate of drug-likeness (QED) is 0.443. The number of guanidine groups is 1. The van der Waals surface area contributed by atoms with E-state index in [1.807, 2.05) is 30.3 Å². The van der Waals surface area contributed by atoms with Crippen molar-refractivity contribution in [3.8, 4) is 0 Å². The highest BCUT2D eigenvalue weighted by Gasteiger charge is 2.36. The summed E-state index contributed by atoms with van der Waals surface area (Å²) in [7, 11) is 2.02. The summed E-state index contributed by atoms with van der Waals surface area (Å²) < 4.78 is 2.04. The van der Waals surface area contributed by atoms with E-state index in [1.54, 1.807) is 0 Å². The zero-order valence-electron chi connectivity index (χ0n) is 18.0. The molecule has 6 nitrogen and oxygen atoms in total. The standard InChI is InChI=1S/C21H38N6S/c1-18-24-25-19(26(18)2)16-23-20(22-13-9-15-28-3)27-14-8-12-21(17-27)10-6-4-5-7-11-21/h4-17H2,1-3H3,(H,22,23). The van der Waals surface area contributed by atoms with Crippen LogP contribution in [0.1, 0.15) is 69.4 Å². The van der Waals surface area contributed by atoms with Crippen molar-refractivity contribution in [1.82, 2.24) is 25.0 Å². The zero-order valence-corrected chi connectivity index (χ0v) is 18.9. The Morgan fingerprint density at radius 1 is 1.14 bits per heavy atom. The van der Waals surface area contributed by atoms with Gasteiger partial charge in [0.15, 0.2) is 11.8 Å². The number of nitrogens with one attached hydrogen (secondary N) is 1. The van der Waals surface area contributed by atoms with Crippen molar-refractivity contribution < 1.29 is 0 Å². The van der Waals surface area contributed by atoms with Gasteiger partial charge in [0, 0.05) is 26.7 Å². The predicted octanol–water partition coefficient (Wildman–Crippen LogP) is 3.76. The number of hydrogen-bond donors (Lipinski definition) is 1. The van der Waals surface area contributed by atoms with Gasteiger partial charge in [0.2, 0.25) is 0 Å². The third kappa shape index (κ3) is 5.65. The normalized spacial score (nSPS) is 20.4. The summed E-state index contributed by atoms with van der Waals surface area (Å²) >= 11 is 1.91. The SMILES string of the molecule is CSCCCNC(=NCc1nnc(C)n1C)N1CCCC2(CCCCCC2)C1. The highest BCUT2D eigenvalue weighted by atomic mass is 32.2. The Labute approximate surface area is 175 Å². The minimum Gasteiger partial charge on any atom is -0.356 e. The summed E-state index contributed by atoms with van der Waals surface area (Å²) in [5.74, 6) is 4.13. The summed E-state index contributed by atoms with van der Waals surface area (Å²) in [4.78, 5) is 7.53. The van der Waals surface area contributed by atoms with E-state index in [0.29, 0.717) is 12.0 Å². The molecule has 0 atom stereocenters. The number of aliphatic imine (C=N–C) groups is 1. The second-order valence-corrected chi connectivity index (χ2v) is 9.56. The number of aryl methyl sites for hydroxylation is 1. The first kappa shape index (κ1) is 21.5. The number of rotatable bonds is 6. The van der Waals surface area contributed by atoms with E-state index in [1.165, 1.54) is 70.1 Å². The van der Waals surface area contributed by atoms with Gasteiger partial charge in [-0.25, -0.2) is 4.99 Å². The molecule has 1 aromatic rings. The van der Waals surface area contributed by atoms with Crippen molar-refractivity contribution >= 4 is 17.7 Å². The van der Waals surface area contributed by atoms with Crippen LogP contribution < -0.4 is 5.32 Å². The van der Waals surface area contributed by atoms with Crippen molar-refractivity contribution in [1.29, 1.82) is 0 Å². The molecule has 0 unspecified atom stereocenters. The number of thioether (sulfide) groups is 1. The molecule has 28 heavy (non-hydrogen) atoms. The monoisotopic (exact) mass is 406 g/mol. The number of piperidine rings is 1. The zero-order chi connectivity index (χ0) is 19.8. The van der Waals surface area contributed by atoms with Gasteiger partial charge in [-0.1, -0.05) is 25.7 Å². The van der Waals surface area contributed by atoms with Gasteiger partial charge in [-0.3, -0.25) is 0 Å². The minimum atomic E-state index is 0.512. The Bertz CT molecular complexity index is 633. The molecule has 2 fully saturated rings. The number of aromatic nitrogens is 3. The van der Waals surface area contributed by atoms with Crippen LogP contribution in [0.25, 0.3) is 0 Å². The maximum Gasteiger partial charge on any atom is 0.194 e. The fourth-order valence-electron chi connectivity index (χ4n) is 4.69. The Kier molecular flexibility index (Phi) is 8.06. The first-order chi connectivity index (χ1) is 13.6. The van der Waals surface area contributed by atoms with Crippen molar-refractivity contribution in [3.05, 3.63) is 11.6 Å². The van der Waals surface area contributed by atoms with Gasteiger partial charge in [-0.15, -0.1) is 10.2 Å². The smallest absolute Gasteiger partial charge is 0.194 e. The minimum absolute atomic E-state index is 0.512. The topological polar surface area (TPSA) is 58.3 Å². The fraction of sp³-hybridized carbons (Fsp3) is 0.857. The van der Waals surface area contributed by atoms with Crippen LogP contribution in [-0.2, 0) is 13.6 Å². The van der Waals surface area contributed by atoms with Gasteiger partial charge in [-0.05, 0) is 56.5 Å². The Morgan fingerprint density at radius 3 is 2.57 bits per heavy atom. The van der Waals surface area contributed by atoms with Gasteiger partial charge in [0.25, 0.3) is 0 Å². The molecule has 1 spiro atoms. The van der Waals surface area contributed by atoms with Crippen LogP contribution in [0.2, 0.25) is 0 Å².